The van der Waals surface area contributed by atoms with Gasteiger partial charge in [-0.3, -0.25) is 0 Å². The van der Waals surface area contributed by atoms with Crippen molar-refractivity contribution < 1.29 is 0 Å². The van der Waals surface area contributed by atoms with Crippen LogP contribution in [-0.4, -0.2) is 38.1 Å². The Labute approximate surface area is 131 Å². The van der Waals surface area contributed by atoms with E-state index in [-0.39, 0.29) is 0 Å². The molecule has 110 valence electrons. The molecule has 0 unspecified atom stereocenters. The van der Waals surface area contributed by atoms with Gasteiger partial charge in [-0.1, -0.05) is 17.7 Å². The Kier molecular flexibility index (Phi) is 4.32. The quantitative estimate of drug-likeness (QED) is 0.929. The van der Waals surface area contributed by atoms with E-state index in [9.17, 15) is 0 Å². The lowest BCUT2D eigenvalue weighted by molar-refractivity contribution is 0.313. The van der Waals surface area contributed by atoms with Crippen LogP contribution in [0.4, 0.5) is 17.1 Å². The van der Waals surface area contributed by atoms with Gasteiger partial charge in [0, 0.05) is 48.3 Å². The molecule has 1 aliphatic rings. The zero-order valence-corrected chi connectivity index (χ0v) is 13.0. The first kappa shape index (κ1) is 14.2. The van der Waals surface area contributed by atoms with Crippen LogP contribution >= 0.6 is 11.6 Å². The predicted octanol–water partition coefficient (Wildman–Crippen LogP) is 3.84. The predicted molar refractivity (Wildman–Crippen MR) is 90.9 cm³/mol. The van der Waals surface area contributed by atoms with Gasteiger partial charge >= 0.3 is 0 Å². The largest absolute Gasteiger partial charge is 0.369 e. The molecular weight excluding hydrogens is 282 g/mol. The SMILES string of the molecule is CN1CCN(c2cccc(Nc3ccc(Cl)cc3)c2)CC1. The average molecular weight is 302 g/mol. The number of hydrogen-bond donors (Lipinski definition) is 1. The van der Waals surface area contributed by atoms with Crippen LogP contribution in [0.25, 0.3) is 0 Å². The van der Waals surface area contributed by atoms with Crippen LogP contribution in [0.3, 0.4) is 0 Å². The van der Waals surface area contributed by atoms with Crippen molar-refractivity contribution in [2.75, 3.05) is 43.4 Å². The first-order valence-electron chi connectivity index (χ1n) is 7.27. The summed E-state index contributed by atoms with van der Waals surface area (Å²) in [6, 6.07) is 16.4. The molecule has 1 N–H and O–H groups in total. The second-order valence-electron chi connectivity index (χ2n) is 5.47. The summed E-state index contributed by atoms with van der Waals surface area (Å²) in [6.45, 7) is 4.41. The van der Waals surface area contributed by atoms with Crippen molar-refractivity contribution in [1.82, 2.24) is 4.90 Å². The Morgan fingerprint density at radius 1 is 0.905 bits per heavy atom. The van der Waals surface area contributed by atoms with Crippen LogP contribution in [0, 0.1) is 0 Å². The smallest absolute Gasteiger partial charge is 0.0407 e. The second kappa shape index (κ2) is 6.37. The Morgan fingerprint density at radius 3 is 2.33 bits per heavy atom. The van der Waals surface area contributed by atoms with E-state index in [4.69, 9.17) is 11.6 Å². The van der Waals surface area contributed by atoms with E-state index in [0.29, 0.717) is 0 Å². The summed E-state index contributed by atoms with van der Waals surface area (Å²) in [7, 11) is 2.18. The molecule has 2 aromatic carbocycles. The van der Waals surface area contributed by atoms with Gasteiger partial charge in [-0.2, -0.15) is 0 Å². The summed E-state index contributed by atoms with van der Waals surface area (Å²) in [5.74, 6) is 0. The van der Waals surface area contributed by atoms with E-state index >= 15 is 0 Å². The number of likely N-dealkylation sites (N-methyl/N-ethyl adjacent to an activating group) is 1. The van der Waals surface area contributed by atoms with Crippen molar-refractivity contribution in [1.29, 1.82) is 0 Å². The molecule has 2 aromatic rings. The molecule has 0 radical (unpaired) electrons. The summed E-state index contributed by atoms with van der Waals surface area (Å²) in [6.07, 6.45) is 0. The Hall–Kier alpha value is -1.71. The summed E-state index contributed by atoms with van der Waals surface area (Å²) in [4.78, 5) is 4.80. The molecular formula is C17H20ClN3. The van der Waals surface area contributed by atoms with Crippen molar-refractivity contribution in [3.63, 3.8) is 0 Å². The third kappa shape index (κ3) is 3.69. The van der Waals surface area contributed by atoms with Crippen LogP contribution in [0.2, 0.25) is 5.02 Å². The average Bonchev–Trinajstić information content (AvgIpc) is 2.51. The zero-order chi connectivity index (χ0) is 14.7. The number of hydrogen-bond acceptors (Lipinski definition) is 3. The van der Waals surface area contributed by atoms with E-state index in [0.717, 1.165) is 42.6 Å². The summed E-state index contributed by atoms with van der Waals surface area (Å²) in [5, 5.41) is 4.18. The van der Waals surface area contributed by atoms with Gasteiger partial charge in [-0.25, -0.2) is 0 Å². The topological polar surface area (TPSA) is 18.5 Å². The number of rotatable bonds is 3. The lowest BCUT2D eigenvalue weighted by Gasteiger charge is -2.34. The van der Waals surface area contributed by atoms with Gasteiger partial charge in [0.25, 0.3) is 0 Å². The van der Waals surface area contributed by atoms with Crippen molar-refractivity contribution >= 4 is 28.7 Å². The first-order chi connectivity index (χ1) is 10.2. The molecule has 0 spiro atoms. The minimum atomic E-state index is 0.756. The van der Waals surface area contributed by atoms with Crippen LogP contribution in [0.5, 0.6) is 0 Å². The van der Waals surface area contributed by atoms with Gasteiger partial charge < -0.3 is 15.1 Å². The fourth-order valence-corrected chi connectivity index (χ4v) is 2.67. The van der Waals surface area contributed by atoms with Gasteiger partial charge in [0.2, 0.25) is 0 Å². The Bertz CT molecular complexity index is 589. The van der Waals surface area contributed by atoms with Crippen molar-refractivity contribution in [2.24, 2.45) is 0 Å². The zero-order valence-electron chi connectivity index (χ0n) is 12.2. The number of nitrogens with zero attached hydrogens (tertiary/aromatic N) is 2. The summed E-state index contributed by atoms with van der Waals surface area (Å²) in [5.41, 5.74) is 3.44. The highest BCUT2D eigenvalue weighted by atomic mass is 35.5. The highest BCUT2D eigenvalue weighted by Crippen LogP contribution is 2.24. The molecule has 21 heavy (non-hydrogen) atoms. The summed E-state index contributed by atoms with van der Waals surface area (Å²) < 4.78 is 0. The molecule has 3 nitrogen and oxygen atoms in total. The van der Waals surface area contributed by atoms with Gasteiger partial charge in [0.1, 0.15) is 0 Å². The van der Waals surface area contributed by atoms with Gasteiger partial charge in [0.05, 0.1) is 0 Å². The molecule has 1 saturated heterocycles. The van der Waals surface area contributed by atoms with Gasteiger partial charge in [-0.05, 0) is 49.5 Å². The van der Waals surface area contributed by atoms with E-state index < -0.39 is 0 Å². The first-order valence-corrected chi connectivity index (χ1v) is 7.65. The molecule has 0 aliphatic carbocycles. The highest BCUT2D eigenvalue weighted by molar-refractivity contribution is 6.30. The lowest BCUT2D eigenvalue weighted by atomic mass is 10.2. The molecule has 3 rings (SSSR count). The third-order valence-electron chi connectivity index (χ3n) is 3.85. The minimum Gasteiger partial charge on any atom is -0.369 e. The van der Waals surface area contributed by atoms with Crippen LogP contribution in [0.15, 0.2) is 48.5 Å². The maximum absolute atomic E-state index is 5.91. The Balaban J connectivity index is 1.72. The minimum absolute atomic E-state index is 0.756. The fourth-order valence-electron chi connectivity index (χ4n) is 2.54. The van der Waals surface area contributed by atoms with Crippen LogP contribution in [0.1, 0.15) is 0 Å². The van der Waals surface area contributed by atoms with Gasteiger partial charge in [-0.15, -0.1) is 0 Å². The summed E-state index contributed by atoms with van der Waals surface area (Å²) >= 11 is 5.91. The third-order valence-corrected chi connectivity index (χ3v) is 4.10. The number of halogens is 1. The molecule has 1 heterocycles. The van der Waals surface area contributed by atoms with E-state index in [1.807, 2.05) is 24.3 Å². The van der Waals surface area contributed by atoms with Crippen molar-refractivity contribution in [2.45, 2.75) is 0 Å². The standard InChI is InChI=1S/C17H20ClN3/c1-20-9-11-21(12-10-20)17-4-2-3-16(13-17)19-15-7-5-14(18)6-8-15/h2-8,13,19H,9-12H2,1H3. The number of piperazine rings is 1. The van der Waals surface area contributed by atoms with E-state index in [1.165, 1.54) is 5.69 Å². The molecule has 1 fully saturated rings. The van der Waals surface area contributed by atoms with E-state index in [1.54, 1.807) is 0 Å². The fraction of sp³-hybridized carbons (Fsp3) is 0.294. The molecule has 0 amide bonds. The molecule has 0 atom stereocenters. The molecule has 0 saturated carbocycles. The molecule has 4 heteroatoms. The molecule has 1 aliphatic heterocycles. The van der Waals surface area contributed by atoms with Crippen molar-refractivity contribution in [3.8, 4) is 0 Å². The van der Waals surface area contributed by atoms with Crippen molar-refractivity contribution in [3.05, 3.63) is 53.6 Å². The number of benzene rings is 2. The highest BCUT2D eigenvalue weighted by Gasteiger charge is 2.14. The monoisotopic (exact) mass is 301 g/mol. The van der Waals surface area contributed by atoms with Gasteiger partial charge in [0.15, 0.2) is 0 Å². The van der Waals surface area contributed by atoms with E-state index in [2.05, 4.69) is 46.4 Å². The Morgan fingerprint density at radius 2 is 1.62 bits per heavy atom. The van der Waals surface area contributed by atoms with Crippen LogP contribution < -0.4 is 10.2 Å². The number of nitrogens with one attached hydrogen (secondary N) is 1. The maximum atomic E-state index is 5.91. The molecule has 0 bridgehead atoms. The number of anilines is 3. The second-order valence-corrected chi connectivity index (χ2v) is 5.91. The molecule has 0 aromatic heterocycles. The maximum Gasteiger partial charge on any atom is 0.0407 e. The van der Waals surface area contributed by atoms with Crippen LogP contribution in [-0.2, 0) is 0 Å². The lowest BCUT2D eigenvalue weighted by Crippen LogP contribution is -2.44. The normalized spacial score (nSPS) is 16.0.